The predicted molar refractivity (Wildman–Crippen MR) is 112 cm³/mol. The number of amides is 2. The van der Waals surface area contributed by atoms with Crippen molar-refractivity contribution in [3.05, 3.63) is 58.3 Å². The second kappa shape index (κ2) is 9.10. The van der Waals surface area contributed by atoms with E-state index in [-0.39, 0.29) is 36.8 Å². The van der Waals surface area contributed by atoms with Crippen LogP contribution < -0.4 is 10.6 Å². The van der Waals surface area contributed by atoms with Crippen molar-refractivity contribution in [1.29, 1.82) is 0 Å². The number of aromatic nitrogens is 1. The van der Waals surface area contributed by atoms with Crippen molar-refractivity contribution >= 4 is 23.4 Å². The Labute approximate surface area is 183 Å². The Hall–Kier alpha value is -3.23. The molecule has 0 saturated heterocycles. The van der Waals surface area contributed by atoms with E-state index in [0.717, 1.165) is 40.6 Å². The molecule has 32 heavy (non-hydrogen) atoms. The number of ketones is 2. The third-order valence-electron chi connectivity index (χ3n) is 5.59. The highest BCUT2D eigenvalue weighted by atomic mass is 19.4. The van der Waals surface area contributed by atoms with E-state index in [4.69, 9.17) is 0 Å². The fourth-order valence-corrected chi connectivity index (χ4v) is 4.25. The van der Waals surface area contributed by atoms with Gasteiger partial charge in [0.05, 0.1) is 5.56 Å². The first-order chi connectivity index (χ1) is 15.0. The first-order valence-corrected chi connectivity index (χ1v) is 10.2. The van der Waals surface area contributed by atoms with Gasteiger partial charge in [-0.1, -0.05) is 17.7 Å². The van der Waals surface area contributed by atoms with Gasteiger partial charge in [0.25, 0.3) is 0 Å². The minimum Gasteiger partial charge on any atom is -0.338 e. The van der Waals surface area contributed by atoms with Gasteiger partial charge in [0.2, 0.25) is 0 Å². The minimum absolute atomic E-state index is 0.0903. The molecule has 2 amide bonds. The molecule has 3 rings (SSSR count). The molecular formula is C23H24F3N3O3. The molecule has 9 heteroatoms. The van der Waals surface area contributed by atoms with E-state index in [2.05, 4.69) is 15.6 Å². The van der Waals surface area contributed by atoms with Crippen molar-refractivity contribution in [2.24, 2.45) is 5.92 Å². The Morgan fingerprint density at radius 1 is 1.12 bits per heavy atom. The number of urea groups is 1. The van der Waals surface area contributed by atoms with Gasteiger partial charge >= 0.3 is 12.2 Å². The van der Waals surface area contributed by atoms with Crippen LogP contribution in [-0.2, 0) is 15.8 Å². The lowest BCUT2D eigenvalue weighted by Crippen LogP contribution is -2.31. The largest absolute Gasteiger partial charge is 0.416 e. The molecule has 1 saturated carbocycles. The van der Waals surface area contributed by atoms with Gasteiger partial charge in [-0.3, -0.25) is 14.9 Å². The highest BCUT2D eigenvalue weighted by molar-refractivity contribution is 6.15. The number of aryl methyl sites for hydroxylation is 3. The average molecular weight is 447 g/mol. The minimum atomic E-state index is -4.55. The van der Waals surface area contributed by atoms with E-state index in [1.807, 2.05) is 32.9 Å². The molecule has 0 spiro atoms. The van der Waals surface area contributed by atoms with Crippen molar-refractivity contribution in [1.82, 2.24) is 10.3 Å². The van der Waals surface area contributed by atoms with Crippen molar-refractivity contribution in [2.75, 3.05) is 11.9 Å². The molecule has 2 atom stereocenters. The van der Waals surface area contributed by atoms with Crippen LogP contribution in [0.4, 0.5) is 23.8 Å². The topological polar surface area (TPSA) is 88.2 Å². The second-order valence-corrected chi connectivity index (χ2v) is 8.11. The zero-order chi connectivity index (χ0) is 23.6. The third-order valence-corrected chi connectivity index (χ3v) is 5.59. The second-order valence-electron chi connectivity index (χ2n) is 8.11. The molecule has 1 aliphatic rings. The molecule has 2 N–H and O–H groups in total. The number of halogens is 3. The van der Waals surface area contributed by atoms with Crippen LogP contribution in [0.3, 0.4) is 0 Å². The quantitative estimate of drug-likeness (QED) is 0.662. The number of hydrogen-bond acceptors (Lipinski definition) is 4. The van der Waals surface area contributed by atoms with Crippen LogP contribution in [0, 0.1) is 26.7 Å². The fourth-order valence-electron chi connectivity index (χ4n) is 4.25. The van der Waals surface area contributed by atoms with Crippen LogP contribution in [0.2, 0.25) is 0 Å². The van der Waals surface area contributed by atoms with Gasteiger partial charge in [-0.15, -0.1) is 0 Å². The zero-order valence-electron chi connectivity index (χ0n) is 18.0. The zero-order valence-corrected chi connectivity index (χ0v) is 18.0. The number of nitrogens with zero attached hydrogens (tertiary/aromatic N) is 1. The van der Waals surface area contributed by atoms with Gasteiger partial charge in [0, 0.05) is 25.1 Å². The highest BCUT2D eigenvalue weighted by Gasteiger charge is 2.42. The lowest BCUT2D eigenvalue weighted by Gasteiger charge is -2.16. The first-order valence-electron chi connectivity index (χ1n) is 10.2. The van der Waals surface area contributed by atoms with E-state index in [0.29, 0.717) is 0 Å². The summed E-state index contributed by atoms with van der Waals surface area (Å²) in [6, 6.07) is 4.69. The molecule has 0 radical (unpaired) electrons. The molecule has 170 valence electrons. The number of nitrogens with one attached hydrogen (secondary N) is 2. The van der Waals surface area contributed by atoms with E-state index in [1.54, 1.807) is 0 Å². The van der Waals surface area contributed by atoms with Gasteiger partial charge in [0.1, 0.15) is 17.5 Å². The first kappa shape index (κ1) is 23.4. The third kappa shape index (κ3) is 5.15. The van der Waals surface area contributed by atoms with Crippen molar-refractivity contribution in [3.63, 3.8) is 0 Å². The maximum atomic E-state index is 12.9. The number of benzene rings is 1. The number of carbonyl (C=O) groups excluding carboxylic acids is 3. The summed E-state index contributed by atoms with van der Waals surface area (Å²) in [4.78, 5) is 41.3. The fraction of sp³-hybridized carbons (Fsp3) is 0.391. The van der Waals surface area contributed by atoms with Crippen LogP contribution in [0.5, 0.6) is 0 Å². The predicted octanol–water partition coefficient (Wildman–Crippen LogP) is 4.48. The molecule has 2 unspecified atom stereocenters. The van der Waals surface area contributed by atoms with Crippen LogP contribution in [-0.4, -0.2) is 29.1 Å². The standard InChI is InChI=1S/C23H24F3N3O3/c1-12-8-13(2)19(14(3)9-12)20-17(30)10-15(21(20)31)4-6-28-22(32)29-18-11-16(5-7-27-18)23(24,25)26/h5,7-9,11,15,20H,4,6,10H2,1-3H3,(H2,27,28,29,32). The molecule has 0 aliphatic heterocycles. The van der Waals surface area contributed by atoms with Gasteiger partial charge in [-0.25, -0.2) is 9.78 Å². The molecule has 1 fully saturated rings. The lowest BCUT2D eigenvalue weighted by atomic mass is 9.86. The summed E-state index contributed by atoms with van der Waals surface area (Å²) < 4.78 is 38.3. The van der Waals surface area contributed by atoms with E-state index >= 15 is 0 Å². The summed E-state index contributed by atoms with van der Waals surface area (Å²) in [5.41, 5.74) is 2.70. The Morgan fingerprint density at radius 2 is 1.78 bits per heavy atom. The van der Waals surface area contributed by atoms with Gasteiger partial charge in [0.15, 0.2) is 5.78 Å². The molecule has 1 aromatic heterocycles. The van der Waals surface area contributed by atoms with Crippen LogP contribution in [0.25, 0.3) is 0 Å². The van der Waals surface area contributed by atoms with E-state index < -0.39 is 29.6 Å². The molecule has 6 nitrogen and oxygen atoms in total. The lowest BCUT2D eigenvalue weighted by molar-refractivity contribution is -0.137. The Morgan fingerprint density at radius 3 is 2.41 bits per heavy atom. The highest BCUT2D eigenvalue weighted by Crippen LogP contribution is 2.37. The molecule has 2 aromatic rings. The maximum Gasteiger partial charge on any atom is 0.416 e. The van der Waals surface area contributed by atoms with Crippen molar-refractivity contribution in [2.45, 2.75) is 45.7 Å². The number of carbonyl (C=O) groups is 3. The summed E-state index contributed by atoms with van der Waals surface area (Å²) in [5, 5.41) is 4.74. The summed E-state index contributed by atoms with van der Waals surface area (Å²) in [7, 11) is 0. The molecular weight excluding hydrogens is 423 g/mol. The van der Waals surface area contributed by atoms with Gasteiger partial charge < -0.3 is 5.32 Å². The monoisotopic (exact) mass is 447 g/mol. The van der Waals surface area contributed by atoms with E-state index in [9.17, 15) is 27.6 Å². The summed E-state index contributed by atoms with van der Waals surface area (Å²) in [6.07, 6.45) is -3.23. The molecule has 1 heterocycles. The normalized spacial score (nSPS) is 18.7. The molecule has 1 aliphatic carbocycles. The summed E-state index contributed by atoms with van der Waals surface area (Å²) >= 11 is 0. The van der Waals surface area contributed by atoms with Gasteiger partial charge in [-0.2, -0.15) is 13.2 Å². The molecule has 1 aromatic carbocycles. The number of pyridine rings is 1. The van der Waals surface area contributed by atoms with Gasteiger partial charge in [-0.05, 0) is 56.0 Å². The van der Waals surface area contributed by atoms with Crippen molar-refractivity contribution < 1.29 is 27.6 Å². The summed E-state index contributed by atoms with van der Waals surface area (Å²) in [6.45, 7) is 5.82. The van der Waals surface area contributed by atoms with Crippen LogP contribution >= 0.6 is 0 Å². The van der Waals surface area contributed by atoms with Crippen LogP contribution in [0.1, 0.15) is 46.6 Å². The number of alkyl halides is 3. The number of anilines is 1. The van der Waals surface area contributed by atoms with E-state index in [1.165, 1.54) is 0 Å². The average Bonchev–Trinajstić information content (AvgIpc) is 2.95. The van der Waals surface area contributed by atoms with Crippen molar-refractivity contribution in [3.8, 4) is 0 Å². The number of rotatable bonds is 5. The Balaban J connectivity index is 1.58. The van der Waals surface area contributed by atoms with Crippen LogP contribution in [0.15, 0.2) is 30.5 Å². The SMILES string of the molecule is Cc1cc(C)c(C2C(=O)CC(CCNC(=O)Nc3cc(C(F)(F)F)ccn3)C2=O)c(C)c1. The Bertz CT molecular complexity index is 1040. The maximum absolute atomic E-state index is 12.9. The number of Topliss-reactive ketones (excluding diaryl/α,β-unsaturated/α-hetero) is 2. The smallest absolute Gasteiger partial charge is 0.338 e. The molecule has 0 bridgehead atoms. The Kier molecular flexibility index (Phi) is 6.66. The summed E-state index contributed by atoms with van der Waals surface area (Å²) in [5.74, 6) is -1.84. The number of hydrogen-bond donors (Lipinski definition) is 2.